The number of hydrogen-bond acceptors (Lipinski definition) is 3. The summed E-state index contributed by atoms with van der Waals surface area (Å²) in [5, 5.41) is 17.1. The molecule has 0 heterocycles. The molecular formula is C13H18N4O2. The molecule has 0 unspecified atom stereocenters. The van der Waals surface area contributed by atoms with Gasteiger partial charge in [0.15, 0.2) is 5.96 Å². The lowest BCUT2D eigenvalue weighted by Crippen LogP contribution is -2.38. The predicted molar refractivity (Wildman–Crippen MR) is 74.1 cm³/mol. The molecule has 0 bridgehead atoms. The molecule has 1 fully saturated rings. The van der Waals surface area contributed by atoms with Crippen molar-refractivity contribution in [3.63, 3.8) is 0 Å². The number of guanidine groups is 1. The second-order valence-corrected chi connectivity index (χ2v) is 4.54. The summed E-state index contributed by atoms with van der Waals surface area (Å²) in [7, 11) is 0. The van der Waals surface area contributed by atoms with E-state index in [9.17, 15) is 10.1 Å². The van der Waals surface area contributed by atoms with Crippen molar-refractivity contribution in [3.8, 4) is 0 Å². The molecular weight excluding hydrogens is 244 g/mol. The first-order chi connectivity index (χ1) is 9.19. The summed E-state index contributed by atoms with van der Waals surface area (Å²) < 4.78 is 0. The summed E-state index contributed by atoms with van der Waals surface area (Å²) in [5.41, 5.74) is 1.06. The lowest BCUT2D eigenvalue weighted by atomic mass is 10.2. The maximum atomic E-state index is 10.5. The monoisotopic (exact) mass is 262 g/mol. The molecule has 2 N–H and O–H groups in total. The number of aliphatic imine (C=N–C) groups is 1. The van der Waals surface area contributed by atoms with Crippen molar-refractivity contribution in [1.29, 1.82) is 0 Å². The Kier molecular flexibility index (Phi) is 4.33. The van der Waals surface area contributed by atoms with Crippen molar-refractivity contribution in [2.75, 3.05) is 6.54 Å². The highest BCUT2D eigenvalue weighted by atomic mass is 16.6. The zero-order valence-electron chi connectivity index (χ0n) is 10.9. The van der Waals surface area contributed by atoms with Crippen LogP contribution in [-0.2, 0) is 6.54 Å². The third kappa shape index (κ3) is 4.24. The van der Waals surface area contributed by atoms with Gasteiger partial charge in [-0.3, -0.25) is 10.1 Å². The molecule has 0 saturated heterocycles. The number of nitro benzene ring substituents is 1. The van der Waals surface area contributed by atoms with E-state index in [1.54, 1.807) is 12.1 Å². The van der Waals surface area contributed by atoms with Crippen molar-refractivity contribution in [3.05, 3.63) is 39.9 Å². The second-order valence-electron chi connectivity index (χ2n) is 4.54. The molecule has 0 aliphatic heterocycles. The Bertz CT molecular complexity index is 466. The molecule has 6 nitrogen and oxygen atoms in total. The van der Waals surface area contributed by atoms with Crippen LogP contribution in [0.1, 0.15) is 25.3 Å². The van der Waals surface area contributed by atoms with Gasteiger partial charge in [-0.05, 0) is 25.3 Å². The summed E-state index contributed by atoms with van der Waals surface area (Å²) in [5.74, 6) is 0.809. The minimum absolute atomic E-state index is 0.107. The van der Waals surface area contributed by atoms with Gasteiger partial charge >= 0.3 is 0 Å². The van der Waals surface area contributed by atoms with Crippen LogP contribution in [0, 0.1) is 10.1 Å². The van der Waals surface area contributed by atoms with Crippen molar-refractivity contribution >= 4 is 11.6 Å². The molecule has 102 valence electrons. The summed E-state index contributed by atoms with van der Waals surface area (Å²) in [6.45, 7) is 3.36. The smallest absolute Gasteiger partial charge is 0.269 e. The van der Waals surface area contributed by atoms with Gasteiger partial charge in [0.2, 0.25) is 0 Å². The molecule has 1 aromatic rings. The van der Waals surface area contributed by atoms with E-state index in [1.165, 1.54) is 25.0 Å². The summed E-state index contributed by atoms with van der Waals surface area (Å²) in [6.07, 6.45) is 2.39. The van der Waals surface area contributed by atoms with E-state index in [-0.39, 0.29) is 5.69 Å². The third-order valence-electron chi connectivity index (χ3n) is 2.83. The number of rotatable bonds is 5. The first-order valence-electron chi connectivity index (χ1n) is 6.47. The van der Waals surface area contributed by atoms with Gasteiger partial charge in [0, 0.05) is 24.7 Å². The van der Waals surface area contributed by atoms with Crippen molar-refractivity contribution in [2.45, 2.75) is 32.4 Å². The number of nitrogens with zero attached hydrogens (tertiary/aromatic N) is 2. The number of benzene rings is 1. The Balaban J connectivity index is 1.95. The van der Waals surface area contributed by atoms with E-state index in [2.05, 4.69) is 15.6 Å². The van der Waals surface area contributed by atoms with Gasteiger partial charge in [0.05, 0.1) is 11.5 Å². The Morgan fingerprint density at radius 2 is 2.11 bits per heavy atom. The first kappa shape index (κ1) is 13.3. The Morgan fingerprint density at radius 1 is 1.42 bits per heavy atom. The van der Waals surface area contributed by atoms with Crippen LogP contribution in [-0.4, -0.2) is 23.5 Å². The van der Waals surface area contributed by atoms with Crippen LogP contribution in [0.15, 0.2) is 29.3 Å². The lowest BCUT2D eigenvalue weighted by Gasteiger charge is -2.09. The molecule has 0 atom stereocenters. The fraction of sp³-hybridized carbons (Fsp3) is 0.462. The first-order valence-corrected chi connectivity index (χ1v) is 6.47. The number of non-ortho nitro benzene ring substituents is 1. The average Bonchev–Trinajstić information content (AvgIpc) is 3.21. The molecule has 1 aliphatic rings. The van der Waals surface area contributed by atoms with Crippen LogP contribution >= 0.6 is 0 Å². The van der Waals surface area contributed by atoms with E-state index in [0.29, 0.717) is 12.6 Å². The Labute approximate surface area is 112 Å². The standard InChI is InChI=1S/C13H18N4O2/c1-2-14-13(16-11-5-6-11)15-9-10-3-7-12(8-4-10)17(18)19/h3-4,7-8,11H,2,5-6,9H2,1H3,(H2,14,15,16). The van der Waals surface area contributed by atoms with Crippen LogP contribution in [0.3, 0.4) is 0 Å². The van der Waals surface area contributed by atoms with Gasteiger partial charge in [0.25, 0.3) is 5.69 Å². The van der Waals surface area contributed by atoms with Gasteiger partial charge in [-0.15, -0.1) is 0 Å². The minimum Gasteiger partial charge on any atom is -0.357 e. The molecule has 0 radical (unpaired) electrons. The molecule has 0 aromatic heterocycles. The third-order valence-corrected chi connectivity index (χ3v) is 2.83. The van der Waals surface area contributed by atoms with Crippen LogP contribution < -0.4 is 10.6 Å². The van der Waals surface area contributed by atoms with E-state index >= 15 is 0 Å². The Morgan fingerprint density at radius 3 is 2.63 bits per heavy atom. The molecule has 1 saturated carbocycles. The zero-order chi connectivity index (χ0) is 13.7. The van der Waals surface area contributed by atoms with Gasteiger partial charge in [-0.2, -0.15) is 0 Å². The second kappa shape index (κ2) is 6.17. The number of nitro groups is 1. The summed E-state index contributed by atoms with van der Waals surface area (Å²) in [4.78, 5) is 14.6. The highest BCUT2D eigenvalue weighted by molar-refractivity contribution is 5.80. The van der Waals surface area contributed by atoms with E-state index in [1.807, 2.05) is 6.92 Å². The fourth-order valence-electron chi connectivity index (χ4n) is 1.63. The normalized spacial score (nSPS) is 15.1. The lowest BCUT2D eigenvalue weighted by molar-refractivity contribution is -0.384. The summed E-state index contributed by atoms with van der Waals surface area (Å²) >= 11 is 0. The maximum Gasteiger partial charge on any atom is 0.269 e. The topological polar surface area (TPSA) is 79.6 Å². The minimum atomic E-state index is -0.397. The molecule has 19 heavy (non-hydrogen) atoms. The molecule has 1 aliphatic carbocycles. The van der Waals surface area contributed by atoms with E-state index in [0.717, 1.165) is 18.1 Å². The van der Waals surface area contributed by atoms with Crippen LogP contribution in [0.2, 0.25) is 0 Å². The van der Waals surface area contributed by atoms with Crippen LogP contribution in [0.4, 0.5) is 5.69 Å². The van der Waals surface area contributed by atoms with Gasteiger partial charge in [-0.25, -0.2) is 4.99 Å². The summed E-state index contributed by atoms with van der Waals surface area (Å²) in [6, 6.07) is 7.04. The van der Waals surface area contributed by atoms with Gasteiger partial charge < -0.3 is 10.6 Å². The van der Waals surface area contributed by atoms with Crippen molar-refractivity contribution in [1.82, 2.24) is 10.6 Å². The SMILES string of the molecule is CCNC(=NCc1ccc([N+](=O)[O-])cc1)NC1CC1. The highest BCUT2D eigenvalue weighted by Crippen LogP contribution is 2.18. The molecule has 0 amide bonds. The average molecular weight is 262 g/mol. The number of hydrogen-bond donors (Lipinski definition) is 2. The van der Waals surface area contributed by atoms with E-state index < -0.39 is 4.92 Å². The van der Waals surface area contributed by atoms with Crippen LogP contribution in [0.25, 0.3) is 0 Å². The Hall–Kier alpha value is -2.11. The fourth-order valence-corrected chi connectivity index (χ4v) is 1.63. The zero-order valence-corrected chi connectivity index (χ0v) is 10.9. The van der Waals surface area contributed by atoms with Crippen molar-refractivity contribution < 1.29 is 4.92 Å². The molecule has 0 spiro atoms. The van der Waals surface area contributed by atoms with E-state index in [4.69, 9.17) is 0 Å². The quantitative estimate of drug-likeness (QED) is 0.367. The largest absolute Gasteiger partial charge is 0.357 e. The maximum absolute atomic E-state index is 10.5. The van der Waals surface area contributed by atoms with Gasteiger partial charge in [-0.1, -0.05) is 12.1 Å². The molecule has 2 rings (SSSR count). The van der Waals surface area contributed by atoms with Gasteiger partial charge in [0.1, 0.15) is 0 Å². The number of nitrogens with one attached hydrogen (secondary N) is 2. The molecule has 6 heteroatoms. The molecule has 1 aromatic carbocycles. The van der Waals surface area contributed by atoms with Crippen molar-refractivity contribution in [2.24, 2.45) is 4.99 Å². The predicted octanol–water partition coefficient (Wildman–Crippen LogP) is 1.81. The van der Waals surface area contributed by atoms with Crippen LogP contribution in [0.5, 0.6) is 0 Å². The highest BCUT2D eigenvalue weighted by Gasteiger charge is 2.21.